The summed E-state index contributed by atoms with van der Waals surface area (Å²) in [6, 6.07) is 0. The summed E-state index contributed by atoms with van der Waals surface area (Å²) in [6.45, 7) is 1.16. The quantitative estimate of drug-likeness (QED) is 0.396. The van der Waals surface area contributed by atoms with Crippen LogP contribution in [0.5, 0.6) is 0 Å². The Labute approximate surface area is 202 Å². The van der Waals surface area contributed by atoms with E-state index in [2.05, 4.69) is 25.7 Å². The van der Waals surface area contributed by atoms with E-state index in [0.29, 0.717) is 66.1 Å². The minimum Gasteiger partial charge on any atom is -0.390 e. The van der Waals surface area contributed by atoms with Crippen molar-refractivity contribution in [1.82, 2.24) is 39.6 Å². The van der Waals surface area contributed by atoms with Gasteiger partial charge >= 0.3 is 6.55 Å². The van der Waals surface area contributed by atoms with Crippen LogP contribution in [0.1, 0.15) is 22.9 Å². The highest BCUT2D eigenvalue weighted by atomic mass is 32.1. The molecular formula is C21H22F2N10OS. The van der Waals surface area contributed by atoms with E-state index in [1.165, 1.54) is 18.0 Å². The Balaban J connectivity index is 1.34. The molecule has 182 valence electrons. The van der Waals surface area contributed by atoms with Gasteiger partial charge in [0.2, 0.25) is 5.95 Å². The first kappa shape index (κ1) is 21.9. The van der Waals surface area contributed by atoms with Gasteiger partial charge < -0.3 is 20.3 Å². The summed E-state index contributed by atoms with van der Waals surface area (Å²) in [5.41, 5.74) is 2.73. The average Bonchev–Trinajstić information content (AvgIpc) is 3.68. The molecule has 1 saturated heterocycles. The van der Waals surface area contributed by atoms with Crippen LogP contribution in [-0.4, -0.2) is 67.1 Å². The van der Waals surface area contributed by atoms with Crippen molar-refractivity contribution in [2.24, 2.45) is 0 Å². The number of halogens is 2. The lowest BCUT2D eigenvalue weighted by atomic mass is 10.2. The Morgan fingerprint density at radius 2 is 2.06 bits per heavy atom. The van der Waals surface area contributed by atoms with Crippen molar-refractivity contribution in [3.63, 3.8) is 0 Å². The van der Waals surface area contributed by atoms with Crippen LogP contribution < -0.4 is 15.5 Å². The Morgan fingerprint density at radius 1 is 1.17 bits per heavy atom. The third-order valence-electron chi connectivity index (χ3n) is 5.84. The summed E-state index contributed by atoms with van der Waals surface area (Å²) in [6.07, 6.45) is 9.09. The Bertz CT molecular complexity index is 1370. The third kappa shape index (κ3) is 4.30. The van der Waals surface area contributed by atoms with E-state index in [4.69, 9.17) is 14.7 Å². The van der Waals surface area contributed by atoms with Crippen molar-refractivity contribution in [2.45, 2.75) is 19.5 Å². The molecule has 6 rings (SSSR count). The number of morpholine rings is 1. The van der Waals surface area contributed by atoms with Crippen LogP contribution in [0.2, 0.25) is 0 Å². The molecule has 0 atom stereocenters. The number of ether oxygens (including phenoxy) is 1. The molecule has 14 heteroatoms. The van der Waals surface area contributed by atoms with E-state index in [1.54, 1.807) is 22.2 Å². The fraction of sp³-hybridized carbons (Fsp3) is 0.381. The molecule has 0 radical (unpaired) electrons. The number of nitrogens with zero attached hydrogens (tertiary/aromatic N) is 8. The molecule has 2 N–H and O–H groups in total. The Kier molecular flexibility index (Phi) is 5.74. The highest BCUT2D eigenvalue weighted by Crippen LogP contribution is 2.29. The van der Waals surface area contributed by atoms with Gasteiger partial charge in [-0.3, -0.25) is 4.57 Å². The number of anilines is 2. The van der Waals surface area contributed by atoms with Crippen molar-refractivity contribution >= 4 is 39.8 Å². The van der Waals surface area contributed by atoms with E-state index >= 15 is 0 Å². The molecule has 0 aromatic carbocycles. The van der Waals surface area contributed by atoms with Gasteiger partial charge in [0, 0.05) is 32.0 Å². The van der Waals surface area contributed by atoms with Crippen LogP contribution in [0.15, 0.2) is 31.1 Å². The Hall–Kier alpha value is -3.65. The molecule has 2 aliphatic heterocycles. The third-order valence-corrected chi connectivity index (χ3v) is 6.91. The molecule has 0 spiro atoms. The second kappa shape index (κ2) is 9.19. The van der Waals surface area contributed by atoms with Gasteiger partial charge in [0.05, 0.1) is 42.7 Å². The van der Waals surface area contributed by atoms with E-state index in [1.807, 2.05) is 17.3 Å². The maximum atomic E-state index is 13.1. The highest BCUT2D eigenvalue weighted by molar-refractivity contribution is 7.12. The van der Waals surface area contributed by atoms with Gasteiger partial charge in [-0.1, -0.05) is 0 Å². The number of rotatable bonds is 7. The maximum absolute atomic E-state index is 13.1. The number of aromatic nitrogens is 7. The topological polar surface area (TPSA) is 111 Å². The van der Waals surface area contributed by atoms with E-state index in [9.17, 15) is 8.78 Å². The van der Waals surface area contributed by atoms with Gasteiger partial charge in [0.25, 0.3) is 0 Å². The van der Waals surface area contributed by atoms with Crippen LogP contribution in [-0.2, 0) is 11.3 Å². The minimum absolute atomic E-state index is 0.438. The SMILES string of the molecule is FC(F)n1cc(-n2cnc3c(NCc4ncc(C5=CNCC5)s4)nc(N4CCOCC4)nc32)cn1. The molecule has 11 nitrogen and oxygen atoms in total. The number of hydrogen-bond donors (Lipinski definition) is 2. The summed E-state index contributed by atoms with van der Waals surface area (Å²) < 4.78 is 33.9. The van der Waals surface area contributed by atoms with Gasteiger partial charge in [-0.25, -0.2) is 14.6 Å². The first-order valence-corrected chi connectivity index (χ1v) is 12.0. The van der Waals surface area contributed by atoms with Crippen molar-refractivity contribution in [3.8, 4) is 5.69 Å². The molecule has 0 bridgehead atoms. The zero-order valence-corrected chi connectivity index (χ0v) is 19.4. The monoisotopic (exact) mass is 500 g/mol. The molecule has 6 heterocycles. The number of nitrogens with one attached hydrogen (secondary N) is 2. The Morgan fingerprint density at radius 3 is 2.83 bits per heavy atom. The number of thiazole rings is 1. The molecule has 0 aliphatic carbocycles. The lowest BCUT2D eigenvalue weighted by Gasteiger charge is -2.27. The largest absolute Gasteiger partial charge is 0.390 e. The van der Waals surface area contributed by atoms with Crippen LogP contribution in [0.4, 0.5) is 20.5 Å². The van der Waals surface area contributed by atoms with Crippen LogP contribution in [0.3, 0.4) is 0 Å². The molecule has 0 saturated carbocycles. The first-order chi connectivity index (χ1) is 17.2. The summed E-state index contributed by atoms with van der Waals surface area (Å²) in [5, 5.41) is 11.3. The van der Waals surface area contributed by atoms with Crippen LogP contribution >= 0.6 is 11.3 Å². The summed E-state index contributed by atoms with van der Waals surface area (Å²) in [5.74, 6) is 1.07. The molecule has 1 fully saturated rings. The fourth-order valence-corrected chi connectivity index (χ4v) is 4.93. The number of imidazole rings is 1. The maximum Gasteiger partial charge on any atom is 0.333 e. The first-order valence-electron chi connectivity index (χ1n) is 11.2. The van der Waals surface area contributed by atoms with Crippen molar-refractivity contribution in [1.29, 1.82) is 0 Å². The summed E-state index contributed by atoms with van der Waals surface area (Å²) in [4.78, 5) is 21.7. The van der Waals surface area contributed by atoms with Gasteiger partial charge in [-0.15, -0.1) is 11.3 Å². The normalized spacial score (nSPS) is 16.2. The summed E-state index contributed by atoms with van der Waals surface area (Å²) >= 11 is 1.63. The second-order valence-electron chi connectivity index (χ2n) is 8.06. The molecule has 4 aromatic heterocycles. The summed E-state index contributed by atoms with van der Waals surface area (Å²) in [7, 11) is 0. The predicted octanol–water partition coefficient (Wildman–Crippen LogP) is 2.65. The second-order valence-corrected chi connectivity index (χ2v) is 9.18. The number of alkyl halides is 2. The smallest absolute Gasteiger partial charge is 0.333 e. The zero-order valence-electron chi connectivity index (χ0n) is 18.6. The van der Waals surface area contributed by atoms with E-state index in [0.717, 1.165) is 22.9 Å². The fourth-order valence-electron chi connectivity index (χ4n) is 4.03. The standard InChI is InChI=1S/C21H22F2N10OS/c22-20(23)33-11-14(8-28-33)32-12-27-17-18(29-21(30-19(17)32)31-3-5-34-6-4-31)26-10-16-25-9-15(35-16)13-1-2-24-7-13/h7-9,11-12,20,24H,1-6,10H2,(H,26,29,30). The van der Waals surface area contributed by atoms with Gasteiger partial charge in [-0.05, 0) is 12.0 Å². The number of hydrogen-bond acceptors (Lipinski definition) is 10. The molecule has 2 aliphatic rings. The van der Waals surface area contributed by atoms with Gasteiger partial charge in [-0.2, -0.15) is 23.8 Å². The van der Waals surface area contributed by atoms with E-state index in [-0.39, 0.29) is 0 Å². The molecule has 0 unspecified atom stereocenters. The molecule has 35 heavy (non-hydrogen) atoms. The van der Waals surface area contributed by atoms with E-state index < -0.39 is 6.55 Å². The molecule has 4 aromatic rings. The van der Waals surface area contributed by atoms with Crippen molar-refractivity contribution in [3.05, 3.63) is 41.0 Å². The van der Waals surface area contributed by atoms with Gasteiger partial charge in [0.15, 0.2) is 17.0 Å². The van der Waals surface area contributed by atoms with Crippen LogP contribution in [0, 0.1) is 0 Å². The van der Waals surface area contributed by atoms with Crippen molar-refractivity contribution in [2.75, 3.05) is 43.1 Å². The lowest BCUT2D eigenvalue weighted by Crippen LogP contribution is -2.37. The molecular weight excluding hydrogens is 478 g/mol. The van der Waals surface area contributed by atoms with Gasteiger partial charge in [0.1, 0.15) is 11.3 Å². The predicted molar refractivity (Wildman–Crippen MR) is 127 cm³/mol. The lowest BCUT2D eigenvalue weighted by molar-refractivity contribution is 0.0566. The average molecular weight is 501 g/mol. The van der Waals surface area contributed by atoms with Crippen LogP contribution in [0.25, 0.3) is 22.4 Å². The highest BCUT2D eigenvalue weighted by Gasteiger charge is 2.21. The number of fused-ring (bicyclic) bond motifs is 1. The van der Waals surface area contributed by atoms with Crippen molar-refractivity contribution < 1.29 is 13.5 Å². The minimum atomic E-state index is -2.73. The zero-order chi connectivity index (χ0) is 23.8. The molecule has 0 amide bonds.